The number of hydrogen-bond donors (Lipinski definition) is 1. The van der Waals surface area contributed by atoms with Crippen LogP contribution in [0.1, 0.15) is 37.9 Å². The molecule has 8 heteroatoms. The van der Waals surface area contributed by atoms with Gasteiger partial charge in [-0.3, -0.25) is 9.36 Å². The number of aromatic nitrogens is 2. The van der Waals surface area contributed by atoms with Gasteiger partial charge in [-0.2, -0.15) is 4.98 Å². The number of hydrogen-bond acceptors (Lipinski definition) is 5. The van der Waals surface area contributed by atoms with Crippen LogP contribution in [0.4, 0.5) is 5.69 Å². The molecule has 0 fully saturated rings. The number of carbonyl (C=O) groups is 1. The SMILES string of the molecule is CCN(CC)CCCn1c2c(c(SCC(=O)Nc3cccc(Cl)c3)nc1=O)CCC2. The zero-order valence-electron chi connectivity index (χ0n) is 17.6. The Bertz CT molecular complexity index is 943. The number of benzene rings is 1. The lowest BCUT2D eigenvalue weighted by Gasteiger charge is -2.19. The van der Waals surface area contributed by atoms with Crippen molar-refractivity contribution >= 4 is 35.0 Å². The topological polar surface area (TPSA) is 67.2 Å². The molecular weight excluding hydrogens is 420 g/mol. The van der Waals surface area contributed by atoms with Crippen molar-refractivity contribution in [3.63, 3.8) is 0 Å². The van der Waals surface area contributed by atoms with Crippen molar-refractivity contribution < 1.29 is 4.79 Å². The molecule has 3 rings (SSSR count). The number of rotatable bonds is 10. The van der Waals surface area contributed by atoms with Gasteiger partial charge in [0.1, 0.15) is 5.03 Å². The fourth-order valence-electron chi connectivity index (χ4n) is 3.83. The van der Waals surface area contributed by atoms with E-state index >= 15 is 0 Å². The van der Waals surface area contributed by atoms with Crippen molar-refractivity contribution in [3.05, 3.63) is 51.0 Å². The van der Waals surface area contributed by atoms with E-state index in [9.17, 15) is 9.59 Å². The van der Waals surface area contributed by atoms with Crippen LogP contribution >= 0.6 is 23.4 Å². The third kappa shape index (κ3) is 5.86. The minimum Gasteiger partial charge on any atom is -0.325 e. The standard InChI is InChI=1S/C22H29ClN4O2S/c1-3-26(4-2)12-7-13-27-19-11-6-10-18(19)21(25-22(27)29)30-15-20(28)24-17-9-5-8-16(23)14-17/h5,8-9,14H,3-4,6-7,10-13,15H2,1-2H3,(H,24,28). The van der Waals surface area contributed by atoms with Crippen LogP contribution in [0.25, 0.3) is 0 Å². The molecule has 0 saturated carbocycles. The maximum Gasteiger partial charge on any atom is 0.348 e. The lowest BCUT2D eigenvalue weighted by Crippen LogP contribution is -2.30. The van der Waals surface area contributed by atoms with Crippen molar-refractivity contribution in [2.24, 2.45) is 0 Å². The first-order valence-corrected chi connectivity index (χ1v) is 11.9. The van der Waals surface area contributed by atoms with Crippen molar-refractivity contribution in [3.8, 4) is 0 Å². The second-order valence-electron chi connectivity index (χ2n) is 7.36. The monoisotopic (exact) mass is 448 g/mol. The Morgan fingerprint density at radius 2 is 2.10 bits per heavy atom. The molecule has 1 amide bonds. The number of carbonyl (C=O) groups excluding carboxylic acids is 1. The second kappa shape index (κ2) is 11.0. The Morgan fingerprint density at radius 3 is 2.83 bits per heavy atom. The maximum atomic E-state index is 12.7. The second-order valence-corrected chi connectivity index (χ2v) is 8.76. The van der Waals surface area contributed by atoms with Crippen molar-refractivity contribution in [1.29, 1.82) is 0 Å². The number of nitrogens with one attached hydrogen (secondary N) is 1. The summed E-state index contributed by atoms with van der Waals surface area (Å²) < 4.78 is 1.85. The van der Waals surface area contributed by atoms with Gasteiger partial charge in [-0.05, 0) is 63.5 Å². The molecule has 0 spiro atoms. The van der Waals surface area contributed by atoms with E-state index in [1.54, 1.807) is 24.3 Å². The fraction of sp³-hybridized carbons (Fsp3) is 0.500. The summed E-state index contributed by atoms with van der Waals surface area (Å²) in [5.74, 6) is 0.0661. The fourth-order valence-corrected chi connectivity index (χ4v) is 4.89. The van der Waals surface area contributed by atoms with Gasteiger partial charge < -0.3 is 10.2 Å². The molecule has 2 aromatic rings. The van der Waals surface area contributed by atoms with Gasteiger partial charge in [-0.25, -0.2) is 4.79 Å². The van der Waals surface area contributed by atoms with Gasteiger partial charge in [0.2, 0.25) is 5.91 Å². The van der Waals surface area contributed by atoms with Gasteiger partial charge in [0, 0.05) is 28.5 Å². The summed E-state index contributed by atoms with van der Waals surface area (Å²) in [7, 11) is 0. The summed E-state index contributed by atoms with van der Waals surface area (Å²) in [4.78, 5) is 31.7. The Morgan fingerprint density at radius 1 is 1.30 bits per heavy atom. The van der Waals surface area contributed by atoms with Gasteiger partial charge in [-0.15, -0.1) is 0 Å². The highest BCUT2D eigenvalue weighted by molar-refractivity contribution is 8.00. The third-order valence-electron chi connectivity index (χ3n) is 5.40. The van der Waals surface area contributed by atoms with Crippen molar-refractivity contribution in [2.75, 3.05) is 30.7 Å². The predicted molar refractivity (Wildman–Crippen MR) is 124 cm³/mol. The van der Waals surface area contributed by atoms with Crippen molar-refractivity contribution in [2.45, 2.75) is 51.1 Å². The lowest BCUT2D eigenvalue weighted by atomic mass is 10.2. The van der Waals surface area contributed by atoms with Gasteiger partial charge in [0.25, 0.3) is 0 Å². The van der Waals surface area contributed by atoms with E-state index in [4.69, 9.17) is 11.6 Å². The molecule has 0 radical (unpaired) electrons. The molecule has 1 aromatic heterocycles. The molecule has 0 saturated heterocycles. The molecule has 1 aliphatic carbocycles. The molecule has 1 heterocycles. The van der Waals surface area contributed by atoms with Gasteiger partial charge in [0.05, 0.1) is 5.75 Å². The molecule has 6 nitrogen and oxygen atoms in total. The van der Waals surface area contributed by atoms with E-state index in [2.05, 4.69) is 29.0 Å². The average Bonchev–Trinajstić information content (AvgIpc) is 3.21. The molecule has 0 unspecified atom stereocenters. The molecule has 0 atom stereocenters. The summed E-state index contributed by atoms with van der Waals surface area (Å²) in [5, 5.41) is 4.11. The Labute approximate surface area is 187 Å². The molecule has 1 aliphatic rings. The molecule has 0 aliphatic heterocycles. The molecule has 1 aromatic carbocycles. The molecular formula is C22H29ClN4O2S. The summed E-state index contributed by atoms with van der Waals surface area (Å²) in [5.41, 5.74) is 2.70. The normalized spacial score (nSPS) is 12.9. The minimum absolute atomic E-state index is 0.140. The highest BCUT2D eigenvalue weighted by Gasteiger charge is 2.22. The average molecular weight is 449 g/mol. The van der Waals surface area contributed by atoms with Crippen LogP contribution in [-0.2, 0) is 24.2 Å². The van der Waals surface area contributed by atoms with Crippen LogP contribution in [-0.4, -0.2) is 45.7 Å². The van der Waals surface area contributed by atoms with E-state index in [1.165, 1.54) is 11.8 Å². The first-order chi connectivity index (χ1) is 14.5. The number of fused-ring (bicyclic) bond motifs is 1. The molecule has 30 heavy (non-hydrogen) atoms. The first-order valence-electron chi connectivity index (χ1n) is 10.5. The molecule has 162 valence electrons. The van der Waals surface area contributed by atoms with Crippen LogP contribution in [0, 0.1) is 0 Å². The van der Waals surface area contributed by atoms with E-state index in [0.29, 0.717) is 22.3 Å². The van der Waals surface area contributed by atoms with Crippen LogP contribution in [0.5, 0.6) is 0 Å². The molecule has 0 bridgehead atoms. The summed E-state index contributed by atoms with van der Waals surface area (Å²) >= 11 is 7.30. The highest BCUT2D eigenvalue weighted by Crippen LogP contribution is 2.29. The maximum absolute atomic E-state index is 12.7. The predicted octanol–water partition coefficient (Wildman–Crippen LogP) is 3.85. The third-order valence-corrected chi connectivity index (χ3v) is 6.65. The van der Waals surface area contributed by atoms with E-state index in [1.807, 2.05) is 4.57 Å². The quantitative estimate of drug-likeness (QED) is 0.441. The van der Waals surface area contributed by atoms with E-state index in [0.717, 1.165) is 56.6 Å². The first kappa shape index (κ1) is 22.8. The lowest BCUT2D eigenvalue weighted by molar-refractivity contribution is -0.113. The van der Waals surface area contributed by atoms with E-state index < -0.39 is 0 Å². The van der Waals surface area contributed by atoms with Crippen molar-refractivity contribution in [1.82, 2.24) is 14.5 Å². The Hall–Kier alpha value is -1.83. The number of nitrogens with zero attached hydrogens (tertiary/aromatic N) is 3. The Kier molecular flexibility index (Phi) is 8.36. The zero-order valence-corrected chi connectivity index (χ0v) is 19.2. The number of halogens is 1. The van der Waals surface area contributed by atoms with Gasteiger partial charge >= 0.3 is 5.69 Å². The van der Waals surface area contributed by atoms with Gasteiger partial charge in [-0.1, -0.05) is 43.3 Å². The Balaban J connectivity index is 1.65. The van der Waals surface area contributed by atoms with E-state index in [-0.39, 0.29) is 17.3 Å². The summed E-state index contributed by atoms with van der Waals surface area (Å²) in [6, 6.07) is 7.05. The van der Waals surface area contributed by atoms with Gasteiger partial charge in [0.15, 0.2) is 0 Å². The van der Waals surface area contributed by atoms with Crippen LogP contribution in [0.2, 0.25) is 5.02 Å². The number of thioether (sulfide) groups is 1. The number of anilines is 1. The van der Waals surface area contributed by atoms with Crippen LogP contribution in [0.3, 0.4) is 0 Å². The number of amides is 1. The highest BCUT2D eigenvalue weighted by atomic mass is 35.5. The largest absolute Gasteiger partial charge is 0.348 e. The minimum atomic E-state index is -0.201. The molecule has 1 N–H and O–H groups in total. The van der Waals surface area contributed by atoms with Crippen LogP contribution < -0.4 is 11.0 Å². The summed E-state index contributed by atoms with van der Waals surface area (Å²) in [6.07, 6.45) is 3.78. The van der Waals surface area contributed by atoms with Crippen LogP contribution in [0.15, 0.2) is 34.1 Å². The zero-order chi connectivity index (χ0) is 21.5. The smallest absolute Gasteiger partial charge is 0.325 e. The summed E-state index contributed by atoms with van der Waals surface area (Å²) in [6.45, 7) is 8.04.